The van der Waals surface area contributed by atoms with Crippen LogP contribution in [0.2, 0.25) is 0 Å². The highest BCUT2D eigenvalue weighted by molar-refractivity contribution is 5.40. The van der Waals surface area contributed by atoms with Crippen molar-refractivity contribution in [3.8, 4) is 5.95 Å². The average molecular weight is 247 g/mol. The van der Waals surface area contributed by atoms with Crippen molar-refractivity contribution >= 4 is 11.9 Å². The molecule has 0 radical (unpaired) electrons. The van der Waals surface area contributed by atoms with Gasteiger partial charge in [-0.3, -0.25) is 5.43 Å². The Morgan fingerprint density at radius 3 is 2.83 bits per heavy atom. The topological polar surface area (TPSA) is 111 Å². The van der Waals surface area contributed by atoms with Crippen molar-refractivity contribution in [2.24, 2.45) is 5.84 Å². The summed E-state index contributed by atoms with van der Waals surface area (Å²) < 4.78 is 1.47. The highest BCUT2D eigenvalue weighted by atomic mass is 15.4. The van der Waals surface area contributed by atoms with Crippen LogP contribution in [0.25, 0.3) is 5.95 Å². The number of rotatable bonds is 4. The fourth-order valence-electron chi connectivity index (χ4n) is 1.62. The van der Waals surface area contributed by atoms with Crippen LogP contribution in [0.1, 0.15) is 12.8 Å². The number of hydrogen-bond acceptors (Lipinski definition) is 8. The molecule has 2 aromatic rings. The fourth-order valence-corrected chi connectivity index (χ4v) is 1.62. The molecule has 18 heavy (non-hydrogen) atoms. The molecule has 0 bridgehead atoms. The number of aromatic nitrogens is 6. The lowest BCUT2D eigenvalue weighted by Gasteiger charge is -2.16. The summed E-state index contributed by atoms with van der Waals surface area (Å²) in [5.41, 5.74) is 2.43. The Labute approximate surface area is 103 Å². The lowest BCUT2D eigenvalue weighted by molar-refractivity contribution is 0.772. The van der Waals surface area contributed by atoms with Crippen molar-refractivity contribution < 1.29 is 0 Å². The summed E-state index contributed by atoms with van der Waals surface area (Å²) in [7, 11) is 1.96. The maximum atomic E-state index is 5.37. The number of nitrogens with one attached hydrogen (secondary N) is 1. The largest absolute Gasteiger partial charge is 0.341 e. The van der Waals surface area contributed by atoms with Crippen LogP contribution >= 0.6 is 0 Å². The van der Waals surface area contributed by atoms with E-state index in [1.165, 1.54) is 17.3 Å². The molecule has 0 spiro atoms. The highest BCUT2D eigenvalue weighted by Gasteiger charge is 2.28. The summed E-state index contributed by atoms with van der Waals surface area (Å²) >= 11 is 0. The molecule has 9 nitrogen and oxygen atoms in total. The second kappa shape index (κ2) is 4.18. The van der Waals surface area contributed by atoms with Gasteiger partial charge in [0.15, 0.2) is 0 Å². The third kappa shape index (κ3) is 1.95. The number of anilines is 2. The van der Waals surface area contributed by atoms with Gasteiger partial charge < -0.3 is 4.90 Å². The average Bonchev–Trinajstić information content (AvgIpc) is 3.11. The fraction of sp³-hybridized carbons (Fsp3) is 0.444. The minimum Gasteiger partial charge on any atom is -0.341 e. The molecule has 0 aromatic carbocycles. The smallest absolute Gasteiger partial charge is 0.258 e. The van der Waals surface area contributed by atoms with Gasteiger partial charge in [0.05, 0.1) is 0 Å². The molecular formula is C9H13N9. The number of hydrazine groups is 1. The summed E-state index contributed by atoms with van der Waals surface area (Å²) in [4.78, 5) is 18.6. The molecule has 94 valence electrons. The number of nitrogen functional groups attached to an aromatic ring is 1. The molecule has 1 aliphatic carbocycles. The first kappa shape index (κ1) is 10.8. The normalized spacial score (nSPS) is 14.6. The molecule has 2 heterocycles. The molecule has 3 rings (SSSR count). The lowest BCUT2D eigenvalue weighted by atomic mass is 10.6. The van der Waals surface area contributed by atoms with E-state index < -0.39 is 0 Å². The van der Waals surface area contributed by atoms with Gasteiger partial charge in [-0.2, -0.15) is 24.7 Å². The van der Waals surface area contributed by atoms with Crippen molar-refractivity contribution in [2.45, 2.75) is 18.9 Å². The Balaban J connectivity index is 2.01. The van der Waals surface area contributed by atoms with Gasteiger partial charge in [0.1, 0.15) is 12.7 Å². The summed E-state index contributed by atoms with van der Waals surface area (Å²) in [5.74, 6) is 6.63. The van der Waals surface area contributed by atoms with Crippen LogP contribution in [0.3, 0.4) is 0 Å². The predicted octanol–water partition coefficient (Wildman–Crippen LogP) is -0.663. The van der Waals surface area contributed by atoms with Gasteiger partial charge in [-0.1, -0.05) is 0 Å². The van der Waals surface area contributed by atoms with E-state index in [0.29, 0.717) is 23.9 Å². The van der Waals surface area contributed by atoms with Crippen LogP contribution in [0.15, 0.2) is 12.7 Å². The quantitative estimate of drug-likeness (QED) is 0.541. The van der Waals surface area contributed by atoms with Gasteiger partial charge in [-0.05, 0) is 12.8 Å². The van der Waals surface area contributed by atoms with E-state index in [-0.39, 0.29) is 0 Å². The first-order valence-electron chi connectivity index (χ1n) is 5.58. The Morgan fingerprint density at radius 2 is 2.22 bits per heavy atom. The Morgan fingerprint density at radius 1 is 1.39 bits per heavy atom. The molecule has 3 N–H and O–H groups in total. The van der Waals surface area contributed by atoms with Crippen molar-refractivity contribution in [3.05, 3.63) is 12.7 Å². The Hall–Kier alpha value is -2.29. The number of nitrogens with two attached hydrogens (primary N) is 1. The van der Waals surface area contributed by atoms with E-state index >= 15 is 0 Å². The van der Waals surface area contributed by atoms with Crippen molar-refractivity contribution in [1.82, 2.24) is 29.7 Å². The van der Waals surface area contributed by atoms with E-state index in [2.05, 4.69) is 30.5 Å². The first-order valence-corrected chi connectivity index (χ1v) is 5.58. The molecule has 2 aromatic heterocycles. The monoisotopic (exact) mass is 247 g/mol. The van der Waals surface area contributed by atoms with Crippen LogP contribution in [0.4, 0.5) is 11.9 Å². The van der Waals surface area contributed by atoms with Crippen LogP contribution in [-0.4, -0.2) is 42.8 Å². The van der Waals surface area contributed by atoms with Crippen LogP contribution in [-0.2, 0) is 0 Å². The minimum atomic E-state index is 0.304. The van der Waals surface area contributed by atoms with Gasteiger partial charge in [-0.15, -0.1) is 0 Å². The summed E-state index contributed by atoms with van der Waals surface area (Å²) in [6, 6.07) is 0.502. The summed E-state index contributed by atoms with van der Waals surface area (Å²) in [6.45, 7) is 0. The maximum absolute atomic E-state index is 5.37. The first-order chi connectivity index (χ1) is 8.78. The van der Waals surface area contributed by atoms with Gasteiger partial charge in [0.2, 0.25) is 11.9 Å². The zero-order chi connectivity index (χ0) is 12.5. The van der Waals surface area contributed by atoms with Crippen molar-refractivity contribution in [1.29, 1.82) is 0 Å². The Kier molecular flexibility index (Phi) is 2.52. The molecule has 9 heteroatoms. The second-order valence-electron chi connectivity index (χ2n) is 4.09. The van der Waals surface area contributed by atoms with Gasteiger partial charge in [0, 0.05) is 13.1 Å². The minimum absolute atomic E-state index is 0.304. The zero-order valence-corrected chi connectivity index (χ0v) is 9.85. The lowest BCUT2D eigenvalue weighted by Crippen LogP contribution is -2.24. The molecule has 0 unspecified atom stereocenters. The standard InChI is InChI=1S/C9H13N9/c1-17(6-2-3-6)8-13-7(16-10)14-9(15-8)18-5-11-4-12-18/h4-6H,2-3,10H2,1H3,(H,13,14,15,16). The molecular weight excluding hydrogens is 234 g/mol. The molecule has 1 aliphatic rings. The van der Waals surface area contributed by atoms with E-state index in [4.69, 9.17) is 5.84 Å². The molecule has 0 aliphatic heterocycles. The third-order valence-corrected chi connectivity index (χ3v) is 2.77. The number of hydrogen-bond donors (Lipinski definition) is 2. The van der Waals surface area contributed by atoms with E-state index in [9.17, 15) is 0 Å². The molecule has 1 saturated carbocycles. The maximum Gasteiger partial charge on any atom is 0.258 e. The zero-order valence-electron chi connectivity index (χ0n) is 9.85. The van der Waals surface area contributed by atoms with Crippen molar-refractivity contribution in [2.75, 3.05) is 17.4 Å². The van der Waals surface area contributed by atoms with Gasteiger partial charge in [0.25, 0.3) is 5.95 Å². The third-order valence-electron chi connectivity index (χ3n) is 2.77. The summed E-state index contributed by atoms with van der Waals surface area (Å²) in [6.07, 6.45) is 5.26. The van der Waals surface area contributed by atoms with Crippen LogP contribution in [0.5, 0.6) is 0 Å². The van der Waals surface area contributed by atoms with E-state index in [1.807, 2.05) is 11.9 Å². The van der Waals surface area contributed by atoms with Crippen LogP contribution in [0, 0.1) is 0 Å². The molecule has 0 saturated heterocycles. The number of nitrogens with zero attached hydrogens (tertiary/aromatic N) is 7. The predicted molar refractivity (Wildman–Crippen MR) is 64.0 cm³/mol. The Bertz CT molecular complexity index is 533. The SMILES string of the molecule is CN(c1nc(NN)nc(-n2cncn2)n1)C1CC1. The second-order valence-corrected chi connectivity index (χ2v) is 4.09. The molecule has 1 fully saturated rings. The molecule has 0 atom stereocenters. The van der Waals surface area contributed by atoms with Gasteiger partial charge >= 0.3 is 0 Å². The molecule has 0 amide bonds. The van der Waals surface area contributed by atoms with Gasteiger partial charge in [-0.25, -0.2) is 10.8 Å². The van der Waals surface area contributed by atoms with Crippen LogP contribution < -0.4 is 16.2 Å². The highest BCUT2D eigenvalue weighted by Crippen LogP contribution is 2.28. The summed E-state index contributed by atoms with van der Waals surface area (Å²) in [5, 5.41) is 3.99. The van der Waals surface area contributed by atoms with E-state index in [0.717, 1.165) is 12.8 Å². The van der Waals surface area contributed by atoms with E-state index in [1.54, 1.807) is 0 Å². The van der Waals surface area contributed by atoms with Crippen molar-refractivity contribution in [3.63, 3.8) is 0 Å².